The standard InChI is InChI=1S/C18H13N3.C15H12N2/c1-2-5-14(6-3-1)18-20-11-12-21(18)16-8-9-17-15(13-16)7-4-10-19-17;16-13-7-9-15-12(10-13)6-8-14(17-15)11-4-2-1-3-5-11/h1-13H;1-10H,16H2. The molecule has 2 N–H and O–H groups in total. The summed E-state index contributed by atoms with van der Waals surface area (Å²) < 4.78 is 2.10. The third kappa shape index (κ3) is 4.86. The molecule has 3 aromatic heterocycles. The predicted octanol–water partition coefficient (Wildman–Crippen LogP) is 7.57. The summed E-state index contributed by atoms with van der Waals surface area (Å²) >= 11 is 0. The summed E-state index contributed by atoms with van der Waals surface area (Å²) in [6.07, 6.45) is 5.63. The smallest absolute Gasteiger partial charge is 0.144 e. The fourth-order valence-electron chi connectivity index (χ4n) is 4.44. The Morgan fingerprint density at radius 1 is 0.553 bits per heavy atom. The van der Waals surface area contributed by atoms with E-state index in [0.29, 0.717) is 0 Å². The summed E-state index contributed by atoms with van der Waals surface area (Å²) in [4.78, 5) is 13.5. The Kier molecular flexibility index (Phi) is 6.31. The van der Waals surface area contributed by atoms with E-state index in [-0.39, 0.29) is 0 Å². The van der Waals surface area contributed by atoms with Gasteiger partial charge in [-0.25, -0.2) is 9.97 Å². The number of nitrogen functional groups attached to an aromatic ring is 1. The van der Waals surface area contributed by atoms with Gasteiger partial charge in [0.25, 0.3) is 0 Å². The highest BCUT2D eigenvalue weighted by Crippen LogP contribution is 2.24. The molecule has 0 aliphatic carbocycles. The van der Waals surface area contributed by atoms with E-state index in [1.54, 1.807) is 0 Å². The maximum Gasteiger partial charge on any atom is 0.144 e. The second kappa shape index (κ2) is 10.4. The fraction of sp³-hybridized carbons (Fsp3) is 0. The summed E-state index contributed by atoms with van der Waals surface area (Å²) in [5.74, 6) is 0.943. The Morgan fingerprint density at radius 3 is 2.11 bits per heavy atom. The van der Waals surface area contributed by atoms with Crippen LogP contribution >= 0.6 is 0 Å². The lowest BCUT2D eigenvalue weighted by Gasteiger charge is -2.09. The van der Waals surface area contributed by atoms with Crippen molar-refractivity contribution in [2.75, 3.05) is 5.73 Å². The number of nitrogens with two attached hydrogens (primary N) is 1. The molecule has 0 unspecified atom stereocenters. The Balaban J connectivity index is 0.000000142. The van der Waals surface area contributed by atoms with Crippen molar-refractivity contribution in [1.82, 2.24) is 19.5 Å². The second-order valence-corrected chi connectivity index (χ2v) is 8.88. The van der Waals surface area contributed by atoms with Crippen LogP contribution in [0.5, 0.6) is 0 Å². The van der Waals surface area contributed by atoms with Crippen LogP contribution in [0.2, 0.25) is 0 Å². The first-order chi connectivity index (χ1) is 18.7. The van der Waals surface area contributed by atoms with Crippen LogP contribution in [0.15, 0.2) is 140 Å². The molecule has 0 radical (unpaired) electrons. The van der Waals surface area contributed by atoms with Crippen molar-refractivity contribution < 1.29 is 0 Å². The molecule has 0 aliphatic rings. The molecule has 182 valence electrons. The lowest BCUT2D eigenvalue weighted by atomic mass is 10.1. The average Bonchev–Trinajstić information content (AvgIpc) is 3.48. The van der Waals surface area contributed by atoms with E-state index in [1.165, 1.54) is 0 Å². The fourth-order valence-corrected chi connectivity index (χ4v) is 4.44. The van der Waals surface area contributed by atoms with Crippen molar-refractivity contribution in [1.29, 1.82) is 0 Å². The zero-order valence-corrected chi connectivity index (χ0v) is 20.6. The minimum atomic E-state index is 0.770. The van der Waals surface area contributed by atoms with E-state index >= 15 is 0 Å². The zero-order chi connectivity index (χ0) is 25.7. The Hall–Kier alpha value is -5.29. The van der Waals surface area contributed by atoms with Gasteiger partial charge in [0.1, 0.15) is 5.82 Å². The van der Waals surface area contributed by atoms with Gasteiger partial charge in [0.05, 0.1) is 16.7 Å². The van der Waals surface area contributed by atoms with Crippen LogP contribution in [0.1, 0.15) is 0 Å². The maximum absolute atomic E-state index is 5.75. The highest BCUT2D eigenvalue weighted by molar-refractivity contribution is 5.84. The summed E-state index contributed by atoms with van der Waals surface area (Å²) in [5.41, 5.74) is 12.8. The molecule has 0 bridgehead atoms. The summed E-state index contributed by atoms with van der Waals surface area (Å²) in [6, 6.07) is 40.5. The van der Waals surface area contributed by atoms with Gasteiger partial charge in [-0.05, 0) is 48.5 Å². The zero-order valence-electron chi connectivity index (χ0n) is 20.6. The van der Waals surface area contributed by atoms with E-state index in [2.05, 4.69) is 68.0 Å². The molecule has 0 fully saturated rings. The van der Waals surface area contributed by atoms with Gasteiger partial charge in [0.15, 0.2) is 0 Å². The van der Waals surface area contributed by atoms with Crippen LogP contribution in [0, 0.1) is 0 Å². The monoisotopic (exact) mass is 491 g/mol. The molecule has 4 aromatic carbocycles. The van der Waals surface area contributed by atoms with Gasteiger partial charge in [0.2, 0.25) is 0 Å². The van der Waals surface area contributed by atoms with E-state index in [4.69, 9.17) is 5.73 Å². The van der Waals surface area contributed by atoms with Gasteiger partial charge in [-0.2, -0.15) is 0 Å². The van der Waals surface area contributed by atoms with Crippen molar-refractivity contribution in [3.05, 3.63) is 140 Å². The number of pyridine rings is 2. The van der Waals surface area contributed by atoms with E-state index < -0.39 is 0 Å². The van der Waals surface area contributed by atoms with Crippen molar-refractivity contribution in [2.24, 2.45) is 0 Å². The number of hydrogen-bond donors (Lipinski definition) is 1. The molecular weight excluding hydrogens is 466 g/mol. The number of nitrogens with zero attached hydrogens (tertiary/aromatic N) is 4. The van der Waals surface area contributed by atoms with Gasteiger partial charge in [-0.1, -0.05) is 72.8 Å². The lowest BCUT2D eigenvalue weighted by molar-refractivity contribution is 1.07. The van der Waals surface area contributed by atoms with Crippen molar-refractivity contribution in [2.45, 2.75) is 0 Å². The molecule has 5 nitrogen and oxygen atoms in total. The molecular formula is C33H25N5. The van der Waals surface area contributed by atoms with Crippen molar-refractivity contribution in [3.8, 4) is 28.3 Å². The summed E-state index contributed by atoms with van der Waals surface area (Å²) in [6.45, 7) is 0. The third-order valence-electron chi connectivity index (χ3n) is 6.32. The van der Waals surface area contributed by atoms with Gasteiger partial charge in [-0.15, -0.1) is 0 Å². The number of rotatable bonds is 3. The van der Waals surface area contributed by atoms with Crippen molar-refractivity contribution >= 4 is 27.5 Å². The quantitative estimate of drug-likeness (QED) is 0.259. The Morgan fingerprint density at radius 2 is 1.29 bits per heavy atom. The van der Waals surface area contributed by atoms with Crippen LogP contribution < -0.4 is 5.73 Å². The average molecular weight is 492 g/mol. The third-order valence-corrected chi connectivity index (χ3v) is 6.32. The molecule has 5 heteroatoms. The number of fused-ring (bicyclic) bond motifs is 2. The number of benzene rings is 4. The first-order valence-electron chi connectivity index (χ1n) is 12.4. The minimum absolute atomic E-state index is 0.770. The SMILES string of the molecule is Nc1ccc2nc(-c3ccccc3)ccc2c1.c1ccc(-c2nccn2-c2ccc3ncccc3c2)cc1. The first-order valence-corrected chi connectivity index (χ1v) is 12.4. The van der Waals surface area contributed by atoms with Crippen LogP contribution in [0.3, 0.4) is 0 Å². The van der Waals surface area contributed by atoms with Crippen LogP contribution in [0.4, 0.5) is 5.69 Å². The topological polar surface area (TPSA) is 69.6 Å². The van der Waals surface area contributed by atoms with Gasteiger partial charge in [0, 0.05) is 51.9 Å². The highest BCUT2D eigenvalue weighted by Gasteiger charge is 2.08. The molecule has 0 aliphatic heterocycles. The molecule has 3 heterocycles. The lowest BCUT2D eigenvalue weighted by Crippen LogP contribution is -1.96. The molecule has 38 heavy (non-hydrogen) atoms. The van der Waals surface area contributed by atoms with E-state index in [0.717, 1.165) is 55.8 Å². The van der Waals surface area contributed by atoms with Gasteiger partial charge >= 0.3 is 0 Å². The summed E-state index contributed by atoms with van der Waals surface area (Å²) in [5, 5.41) is 2.20. The summed E-state index contributed by atoms with van der Waals surface area (Å²) in [7, 11) is 0. The van der Waals surface area contributed by atoms with E-state index in [1.807, 2.05) is 91.4 Å². The Labute approximate surface area is 220 Å². The highest BCUT2D eigenvalue weighted by atomic mass is 15.1. The normalized spacial score (nSPS) is 10.7. The molecule has 7 aromatic rings. The molecule has 0 saturated heterocycles. The van der Waals surface area contributed by atoms with Gasteiger partial charge < -0.3 is 5.73 Å². The predicted molar refractivity (Wildman–Crippen MR) is 156 cm³/mol. The van der Waals surface area contributed by atoms with Gasteiger partial charge in [-0.3, -0.25) is 9.55 Å². The molecule has 7 rings (SSSR count). The largest absolute Gasteiger partial charge is 0.399 e. The number of hydrogen-bond acceptors (Lipinski definition) is 4. The molecule has 0 saturated carbocycles. The first kappa shape index (κ1) is 23.1. The van der Waals surface area contributed by atoms with Crippen LogP contribution in [-0.2, 0) is 0 Å². The Bertz CT molecular complexity index is 1830. The molecule has 0 amide bonds. The number of aromatic nitrogens is 4. The second-order valence-electron chi connectivity index (χ2n) is 8.88. The van der Waals surface area contributed by atoms with Crippen LogP contribution in [-0.4, -0.2) is 19.5 Å². The maximum atomic E-state index is 5.75. The minimum Gasteiger partial charge on any atom is -0.399 e. The number of imidazole rings is 1. The number of anilines is 1. The van der Waals surface area contributed by atoms with Crippen LogP contribution in [0.25, 0.3) is 50.1 Å². The van der Waals surface area contributed by atoms with Crippen molar-refractivity contribution in [3.63, 3.8) is 0 Å². The molecule has 0 spiro atoms. The van der Waals surface area contributed by atoms with E-state index in [9.17, 15) is 0 Å². The molecule has 0 atom stereocenters.